The number of ether oxygens (including phenoxy) is 1. The standard InChI is InChI=1S/C23H16IN3O4S/c24-19-10-16(6-8-20(19)31-14-15-4-2-1-3-5-15)13-25-26-23(28)22-12-17-11-18(27(29)30)7-9-21(17)32-22/h1-13H,14H2,(H,26,28)/b25-13-. The Hall–Kier alpha value is -3.31. The number of thiophene rings is 1. The molecule has 0 aliphatic rings. The first-order valence-corrected chi connectivity index (χ1v) is 11.4. The van der Waals surface area contributed by atoms with Crippen molar-refractivity contribution < 1.29 is 14.5 Å². The highest BCUT2D eigenvalue weighted by molar-refractivity contribution is 14.1. The van der Waals surface area contributed by atoms with Crippen molar-refractivity contribution in [3.8, 4) is 5.75 Å². The number of carbonyl (C=O) groups is 1. The van der Waals surface area contributed by atoms with E-state index in [-0.39, 0.29) is 11.6 Å². The van der Waals surface area contributed by atoms with Crippen molar-refractivity contribution in [2.75, 3.05) is 0 Å². The number of hydrazone groups is 1. The van der Waals surface area contributed by atoms with Crippen LogP contribution < -0.4 is 10.2 Å². The number of nitro benzene ring substituents is 1. The second-order valence-electron chi connectivity index (χ2n) is 6.75. The Morgan fingerprint density at radius 2 is 1.94 bits per heavy atom. The SMILES string of the molecule is O=C(N/N=C\c1ccc(OCc2ccccc2)c(I)c1)c1cc2cc([N+](=O)[O-])ccc2s1. The lowest BCUT2D eigenvalue weighted by atomic mass is 10.2. The van der Waals surface area contributed by atoms with Crippen LogP contribution in [0.2, 0.25) is 0 Å². The number of hydrogen-bond donors (Lipinski definition) is 1. The van der Waals surface area contributed by atoms with Crippen molar-refractivity contribution in [3.63, 3.8) is 0 Å². The van der Waals surface area contributed by atoms with Crippen molar-refractivity contribution in [3.05, 3.63) is 102 Å². The smallest absolute Gasteiger partial charge is 0.281 e. The first-order chi connectivity index (χ1) is 15.5. The van der Waals surface area contributed by atoms with Gasteiger partial charge in [0.25, 0.3) is 11.6 Å². The fraction of sp³-hybridized carbons (Fsp3) is 0.0435. The van der Waals surface area contributed by atoms with Gasteiger partial charge in [-0.15, -0.1) is 11.3 Å². The summed E-state index contributed by atoms with van der Waals surface area (Å²) in [5, 5.41) is 15.6. The van der Waals surface area contributed by atoms with Gasteiger partial charge in [-0.25, -0.2) is 5.43 Å². The molecule has 1 heterocycles. The molecular weight excluding hydrogens is 541 g/mol. The summed E-state index contributed by atoms with van der Waals surface area (Å²) < 4.78 is 7.59. The Morgan fingerprint density at radius 3 is 2.69 bits per heavy atom. The number of fused-ring (bicyclic) bond motifs is 1. The number of benzene rings is 3. The number of amides is 1. The van der Waals surface area contributed by atoms with E-state index in [4.69, 9.17) is 4.74 Å². The molecule has 0 saturated carbocycles. The summed E-state index contributed by atoms with van der Waals surface area (Å²) in [5.41, 5.74) is 4.40. The van der Waals surface area contributed by atoms with E-state index in [1.807, 2.05) is 48.5 Å². The second-order valence-corrected chi connectivity index (χ2v) is 9.00. The van der Waals surface area contributed by atoms with Gasteiger partial charge < -0.3 is 4.74 Å². The van der Waals surface area contributed by atoms with Gasteiger partial charge in [-0.3, -0.25) is 14.9 Å². The van der Waals surface area contributed by atoms with Crippen LogP contribution in [-0.2, 0) is 6.61 Å². The highest BCUT2D eigenvalue weighted by atomic mass is 127. The number of carbonyl (C=O) groups excluding carboxylic acids is 1. The molecule has 1 aromatic heterocycles. The fourth-order valence-electron chi connectivity index (χ4n) is 2.93. The first-order valence-electron chi connectivity index (χ1n) is 9.47. The largest absolute Gasteiger partial charge is 0.488 e. The van der Waals surface area contributed by atoms with Gasteiger partial charge in [0.1, 0.15) is 12.4 Å². The van der Waals surface area contributed by atoms with E-state index in [1.54, 1.807) is 18.3 Å². The molecule has 7 nitrogen and oxygen atoms in total. The molecular formula is C23H16IN3O4S. The van der Waals surface area contributed by atoms with Crippen LogP contribution in [0.4, 0.5) is 5.69 Å². The monoisotopic (exact) mass is 557 g/mol. The molecule has 0 spiro atoms. The molecule has 0 radical (unpaired) electrons. The normalized spacial score (nSPS) is 11.0. The van der Waals surface area contributed by atoms with Crippen LogP contribution >= 0.6 is 33.9 Å². The summed E-state index contributed by atoms with van der Waals surface area (Å²) in [6.07, 6.45) is 1.55. The molecule has 0 saturated heterocycles. The van der Waals surface area contributed by atoms with Gasteiger partial charge >= 0.3 is 0 Å². The van der Waals surface area contributed by atoms with Gasteiger partial charge in [0.05, 0.1) is 19.6 Å². The van der Waals surface area contributed by atoms with Crippen molar-refractivity contribution >= 4 is 61.8 Å². The van der Waals surface area contributed by atoms with Crippen LogP contribution in [0, 0.1) is 13.7 Å². The van der Waals surface area contributed by atoms with E-state index < -0.39 is 4.92 Å². The maximum Gasteiger partial charge on any atom is 0.281 e. The summed E-state index contributed by atoms with van der Waals surface area (Å²) in [7, 11) is 0. The number of nitro groups is 1. The Bertz CT molecular complexity index is 1320. The van der Waals surface area contributed by atoms with Crippen LogP contribution in [-0.4, -0.2) is 17.0 Å². The second kappa shape index (κ2) is 9.88. The van der Waals surface area contributed by atoms with Gasteiger partial charge in [0.2, 0.25) is 0 Å². The van der Waals surface area contributed by atoms with Crippen molar-refractivity contribution in [1.29, 1.82) is 0 Å². The minimum atomic E-state index is -0.458. The number of hydrogen-bond acceptors (Lipinski definition) is 6. The zero-order chi connectivity index (χ0) is 22.5. The Labute approximate surface area is 201 Å². The molecule has 0 atom stereocenters. The molecule has 4 rings (SSSR count). The molecule has 0 aliphatic carbocycles. The summed E-state index contributed by atoms with van der Waals surface area (Å²) in [6, 6.07) is 21.7. The number of non-ortho nitro benzene ring substituents is 1. The summed E-state index contributed by atoms with van der Waals surface area (Å²) in [6.45, 7) is 0.485. The van der Waals surface area contributed by atoms with Crippen LogP contribution in [0.5, 0.6) is 5.75 Å². The third-order valence-corrected chi connectivity index (χ3v) is 6.47. The molecule has 0 unspecified atom stereocenters. The van der Waals surface area contributed by atoms with Gasteiger partial charge in [0.15, 0.2) is 0 Å². The molecule has 1 N–H and O–H groups in total. The van der Waals surface area contributed by atoms with Gasteiger partial charge in [-0.2, -0.15) is 5.10 Å². The highest BCUT2D eigenvalue weighted by Crippen LogP contribution is 2.29. The maximum atomic E-state index is 12.4. The zero-order valence-electron chi connectivity index (χ0n) is 16.5. The van der Waals surface area contributed by atoms with Crippen LogP contribution in [0.15, 0.2) is 77.9 Å². The lowest BCUT2D eigenvalue weighted by Crippen LogP contribution is -2.16. The van der Waals surface area contributed by atoms with E-state index >= 15 is 0 Å². The molecule has 0 fully saturated rings. The fourth-order valence-corrected chi connectivity index (χ4v) is 4.55. The minimum Gasteiger partial charge on any atom is -0.488 e. The van der Waals surface area contributed by atoms with Crippen LogP contribution in [0.3, 0.4) is 0 Å². The number of nitrogens with one attached hydrogen (secondary N) is 1. The summed E-state index contributed by atoms with van der Waals surface area (Å²) in [5.74, 6) is 0.401. The van der Waals surface area contributed by atoms with E-state index in [9.17, 15) is 14.9 Å². The van der Waals surface area contributed by atoms with Crippen LogP contribution in [0.1, 0.15) is 20.8 Å². The molecule has 3 aromatic carbocycles. The quantitative estimate of drug-likeness (QED) is 0.135. The average molecular weight is 557 g/mol. The average Bonchev–Trinajstić information content (AvgIpc) is 3.23. The van der Waals surface area contributed by atoms with E-state index in [0.717, 1.165) is 25.1 Å². The minimum absolute atomic E-state index is 0.00826. The predicted molar refractivity (Wildman–Crippen MR) is 133 cm³/mol. The Morgan fingerprint density at radius 1 is 1.12 bits per heavy atom. The topological polar surface area (TPSA) is 93.8 Å². The Kier molecular flexibility index (Phi) is 6.76. The number of nitrogens with zero attached hydrogens (tertiary/aromatic N) is 2. The van der Waals surface area contributed by atoms with E-state index in [0.29, 0.717) is 16.9 Å². The number of halogens is 1. The van der Waals surface area contributed by atoms with Gasteiger partial charge in [-0.1, -0.05) is 30.3 Å². The summed E-state index contributed by atoms with van der Waals surface area (Å²) in [4.78, 5) is 23.3. The molecule has 160 valence electrons. The highest BCUT2D eigenvalue weighted by Gasteiger charge is 2.13. The first kappa shape index (κ1) is 21.9. The van der Waals surface area contributed by atoms with Crippen molar-refractivity contribution in [2.24, 2.45) is 5.10 Å². The van der Waals surface area contributed by atoms with E-state index in [1.165, 1.54) is 23.5 Å². The van der Waals surface area contributed by atoms with E-state index in [2.05, 4.69) is 33.1 Å². The molecule has 32 heavy (non-hydrogen) atoms. The van der Waals surface area contributed by atoms with Crippen molar-refractivity contribution in [2.45, 2.75) is 6.61 Å². The van der Waals surface area contributed by atoms with Gasteiger partial charge in [-0.05, 0) is 64.0 Å². The van der Waals surface area contributed by atoms with Crippen molar-refractivity contribution in [1.82, 2.24) is 5.43 Å². The molecule has 4 aromatic rings. The molecule has 0 bridgehead atoms. The predicted octanol–water partition coefficient (Wildman–Crippen LogP) is 5.76. The molecule has 9 heteroatoms. The lowest BCUT2D eigenvalue weighted by molar-refractivity contribution is -0.384. The third-order valence-electron chi connectivity index (χ3n) is 4.51. The molecule has 1 amide bonds. The molecule has 0 aliphatic heterocycles. The third kappa shape index (κ3) is 5.29. The maximum absolute atomic E-state index is 12.4. The zero-order valence-corrected chi connectivity index (χ0v) is 19.5. The van der Waals surface area contributed by atoms with Crippen LogP contribution in [0.25, 0.3) is 10.1 Å². The summed E-state index contributed by atoms with van der Waals surface area (Å²) >= 11 is 3.45. The number of rotatable bonds is 7. The van der Waals surface area contributed by atoms with Gasteiger partial charge in [0, 0.05) is 22.2 Å². The lowest BCUT2D eigenvalue weighted by Gasteiger charge is -2.08. The Balaban J connectivity index is 1.38.